The van der Waals surface area contributed by atoms with Crippen LogP contribution in [0.3, 0.4) is 0 Å². The summed E-state index contributed by atoms with van der Waals surface area (Å²) in [6.07, 6.45) is 2.28. The lowest BCUT2D eigenvalue weighted by Gasteiger charge is -2.08. The van der Waals surface area contributed by atoms with E-state index in [2.05, 4.69) is 20.6 Å². The molecule has 138 valence electrons. The third kappa shape index (κ3) is 5.49. The van der Waals surface area contributed by atoms with Crippen LogP contribution in [0.4, 0.5) is 10.3 Å². The first-order chi connectivity index (χ1) is 13.1. The van der Waals surface area contributed by atoms with Crippen LogP contribution in [0.1, 0.15) is 21.6 Å². The topological polar surface area (TPSA) is 66.9 Å². The maximum absolute atomic E-state index is 13.6. The Hall–Kier alpha value is -2.99. The maximum atomic E-state index is 13.6. The van der Waals surface area contributed by atoms with E-state index in [-0.39, 0.29) is 24.0 Å². The Kier molecular flexibility index (Phi) is 6.33. The van der Waals surface area contributed by atoms with Crippen LogP contribution in [-0.4, -0.2) is 22.4 Å². The third-order valence-corrected chi connectivity index (χ3v) is 4.15. The van der Waals surface area contributed by atoms with E-state index in [1.807, 2.05) is 24.3 Å². The van der Waals surface area contributed by atoms with E-state index in [4.69, 9.17) is 11.6 Å². The van der Waals surface area contributed by atoms with Crippen LogP contribution in [-0.2, 0) is 13.0 Å². The molecule has 0 atom stereocenters. The van der Waals surface area contributed by atoms with Gasteiger partial charge in [-0.05, 0) is 36.2 Å². The lowest BCUT2D eigenvalue weighted by Crippen LogP contribution is -2.24. The molecule has 0 radical (unpaired) electrons. The first-order valence-electron chi connectivity index (χ1n) is 8.45. The van der Waals surface area contributed by atoms with Gasteiger partial charge in [-0.25, -0.2) is 14.4 Å². The molecule has 2 aromatic carbocycles. The molecule has 0 fully saturated rings. The fourth-order valence-corrected chi connectivity index (χ4v) is 2.57. The van der Waals surface area contributed by atoms with Crippen molar-refractivity contribution >= 4 is 23.5 Å². The Morgan fingerprint density at radius 1 is 1.07 bits per heavy atom. The minimum absolute atomic E-state index is 0.0921. The fraction of sp³-hybridized carbons (Fsp3) is 0.150. The van der Waals surface area contributed by atoms with Crippen molar-refractivity contribution in [1.29, 1.82) is 0 Å². The summed E-state index contributed by atoms with van der Waals surface area (Å²) in [5, 5.41) is 6.45. The smallest absolute Gasteiger partial charge is 0.270 e. The van der Waals surface area contributed by atoms with Crippen molar-refractivity contribution in [1.82, 2.24) is 15.3 Å². The Labute approximate surface area is 161 Å². The van der Waals surface area contributed by atoms with Crippen LogP contribution in [0.25, 0.3) is 0 Å². The van der Waals surface area contributed by atoms with Crippen LogP contribution < -0.4 is 10.6 Å². The zero-order chi connectivity index (χ0) is 19.1. The van der Waals surface area contributed by atoms with Crippen LogP contribution in [0.2, 0.25) is 5.02 Å². The van der Waals surface area contributed by atoms with Gasteiger partial charge in [0, 0.05) is 29.9 Å². The van der Waals surface area contributed by atoms with Gasteiger partial charge in [-0.3, -0.25) is 4.79 Å². The molecule has 1 aromatic heterocycles. The zero-order valence-corrected chi connectivity index (χ0v) is 15.2. The van der Waals surface area contributed by atoms with Gasteiger partial charge in [0.25, 0.3) is 5.91 Å². The molecular weight excluding hydrogens is 367 g/mol. The molecule has 1 amide bonds. The highest BCUT2D eigenvalue weighted by Gasteiger charge is 2.10. The van der Waals surface area contributed by atoms with E-state index >= 15 is 0 Å². The second-order valence-electron chi connectivity index (χ2n) is 5.84. The molecule has 0 bridgehead atoms. The van der Waals surface area contributed by atoms with Crippen molar-refractivity contribution in [3.63, 3.8) is 0 Å². The Morgan fingerprint density at radius 2 is 1.85 bits per heavy atom. The van der Waals surface area contributed by atoms with Crippen molar-refractivity contribution in [2.45, 2.75) is 13.0 Å². The van der Waals surface area contributed by atoms with Crippen molar-refractivity contribution in [3.05, 3.63) is 88.5 Å². The molecule has 0 aliphatic carbocycles. The number of hydrogen-bond acceptors (Lipinski definition) is 4. The molecule has 3 rings (SSSR count). The molecule has 2 N–H and O–H groups in total. The van der Waals surface area contributed by atoms with Crippen molar-refractivity contribution in [2.24, 2.45) is 0 Å². The summed E-state index contributed by atoms with van der Waals surface area (Å²) < 4.78 is 13.6. The molecule has 0 aliphatic rings. The van der Waals surface area contributed by atoms with E-state index in [1.165, 1.54) is 18.3 Å². The maximum Gasteiger partial charge on any atom is 0.270 e. The van der Waals surface area contributed by atoms with Gasteiger partial charge < -0.3 is 10.6 Å². The quantitative estimate of drug-likeness (QED) is 0.649. The van der Waals surface area contributed by atoms with Crippen LogP contribution >= 0.6 is 11.6 Å². The van der Waals surface area contributed by atoms with Crippen LogP contribution in [0.5, 0.6) is 0 Å². The number of hydrogen-bond donors (Lipinski definition) is 2. The molecule has 0 saturated heterocycles. The summed E-state index contributed by atoms with van der Waals surface area (Å²) >= 11 is 5.87. The van der Waals surface area contributed by atoms with Crippen LogP contribution in [0, 0.1) is 5.82 Å². The van der Waals surface area contributed by atoms with Crippen molar-refractivity contribution < 1.29 is 9.18 Å². The number of amides is 1. The average Bonchev–Trinajstić information content (AvgIpc) is 2.69. The summed E-state index contributed by atoms with van der Waals surface area (Å²) in [6, 6.07) is 15.4. The monoisotopic (exact) mass is 384 g/mol. The van der Waals surface area contributed by atoms with Gasteiger partial charge >= 0.3 is 0 Å². The molecule has 0 unspecified atom stereocenters. The molecule has 7 heteroatoms. The lowest BCUT2D eigenvalue weighted by atomic mass is 10.1. The second-order valence-corrected chi connectivity index (χ2v) is 6.28. The van der Waals surface area contributed by atoms with E-state index < -0.39 is 0 Å². The number of halogens is 2. The van der Waals surface area contributed by atoms with Gasteiger partial charge in [0.15, 0.2) is 0 Å². The first-order valence-corrected chi connectivity index (χ1v) is 8.82. The Bertz CT molecular complexity index is 918. The number of rotatable bonds is 7. The lowest BCUT2D eigenvalue weighted by molar-refractivity contribution is 0.0945. The van der Waals surface area contributed by atoms with Gasteiger partial charge in [0.1, 0.15) is 11.5 Å². The van der Waals surface area contributed by atoms with Crippen molar-refractivity contribution in [2.75, 3.05) is 11.9 Å². The van der Waals surface area contributed by atoms with Crippen molar-refractivity contribution in [3.8, 4) is 0 Å². The third-order valence-electron chi connectivity index (χ3n) is 3.90. The Balaban J connectivity index is 1.53. The predicted octanol–water partition coefficient (Wildman–Crippen LogP) is 3.85. The molecule has 1 heterocycles. The number of anilines is 1. The summed E-state index contributed by atoms with van der Waals surface area (Å²) in [5.74, 6) is -0.381. The predicted molar refractivity (Wildman–Crippen MR) is 103 cm³/mol. The van der Waals surface area contributed by atoms with Gasteiger partial charge in [0.2, 0.25) is 5.95 Å². The number of carbonyl (C=O) groups is 1. The molecule has 0 spiro atoms. The summed E-state index contributed by atoms with van der Waals surface area (Å²) in [5.41, 5.74) is 1.77. The highest BCUT2D eigenvalue weighted by molar-refractivity contribution is 6.30. The number of carbonyl (C=O) groups excluding carboxylic acids is 1. The van der Waals surface area contributed by atoms with Crippen LogP contribution in [0.15, 0.2) is 60.8 Å². The summed E-state index contributed by atoms with van der Waals surface area (Å²) in [4.78, 5) is 20.6. The first kappa shape index (κ1) is 18.8. The largest absolute Gasteiger partial charge is 0.354 e. The molecular formula is C20H18ClFN4O. The minimum atomic E-state index is -0.388. The normalized spacial score (nSPS) is 10.4. The van der Waals surface area contributed by atoms with E-state index in [0.29, 0.717) is 23.1 Å². The SMILES string of the molecule is O=C(NCc1ccccc1F)c1ccnc(NCCc2ccc(Cl)cc2)n1. The van der Waals surface area contributed by atoms with Gasteiger partial charge in [-0.2, -0.15) is 0 Å². The number of nitrogens with one attached hydrogen (secondary N) is 2. The molecule has 3 aromatic rings. The summed E-state index contributed by atoms with van der Waals surface area (Å²) in [6.45, 7) is 0.705. The summed E-state index contributed by atoms with van der Waals surface area (Å²) in [7, 11) is 0. The molecule has 0 saturated carbocycles. The van der Waals surface area contributed by atoms with E-state index in [9.17, 15) is 9.18 Å². The minimum Gasteiger partial charge on any atom is -0.354 e. The van der Waals surface area contributed by atoms with Gasteiger partial charge in [0.05, 0.1) is 0 Å². The standard InChI is InChI=1S/C20H18ClFN4O/c21-16-7-5-14(6-8-16)9-11-23-20-24-12-10-18(26-20)19(27)25-13-15-3-1-2-4-17(15)22/h1-8,10,12H,9,11,13H2,(H,25,27)(H,23,24,26). The zero-order valence-electron chi connectivity index (χ0n) is 14.5. The molecule has 5 nitrogen and oxygen atoms in total. The number of benzene rings is 2. The Morgan fingerprint density at radius 3 is 2.63 bits per heavy atom. The number of aromatic nitrogens is 2. The van der Waals surface area contributed by atoms with E-state index in [1.54, 1.807) is 18.2 Å². The highest BCUT2D eigenvalue weighted by Crippen LogP contribution is 2.10. The highest BCUT2D eigenvalue weighted by atomic mass is 35.5. The fourth-order valence-electron chi connectivity index (χ4n) is 2.45. The van der Waals surface area contributed by atoms with Gasteiger partial charge in [-0.15, -0.1) is 0 Å². The van der Waals surface area contributed by atoms with Gasteiger partial charge in [-0.1, -0.05) is 41.9 Å². The molecule has 0 aliphatic heterocycles. The molecule has 27 heavy (non-hydrogen) atoms. The number of nitrogens with zero attached hydrogens (tertiary/aromatic N) is 2. The van der Waals surface area contributed by atoms with E-state index in [0.717, 1.165) is 12.0 Å². The average molecular weight is 385 g/mol. The second kappa shape index (κ2) is 9.09.